The van der Waals surface area contributed by atoms with E-state index >= 15 is 0 Å². The van der Waals surface area contributed by atoms with Crippen LogP contribution >= 0.6 is 0 Å². The van der Waals surface area contributed by atoms with Crippen LogP contribution in [0.25, 0.3) is 0 Å². The van der Waals surface area contributed by atoms with Gasteiger partial charge in [0.1, 0.15) is 0 Å². The molecule has 1 N–H and O–H groups in total. The van der Waals surface area contributed by atoms with E-state index in [0.29, 0.717) is 0 Å². The van der Waals surface area contributed by atoms with E-state index in [-0.39, 0.29) is 5.54 Å². The highest BCUT2D eigenvalue weighted by molar-refractivity contribution is 5.93. The van der Waals surface area contributed by atoms with Gasteiger partial charge in [0.15, 0.2) is 0 Å². The van der Waals surface area contributed by atoms with Crippen LogP contribution in [-0.2, 0) is 0 Å². The summed E-state index contributed by atoms with van der Waals surface area (Å²) in [6.45, 7) is 13.7. The molecule has 82 valence electrons. The molecule has 2 heteroatoms. The van der Waals surface area contributed by atoms with Crippen LogP contribution in [-0.4, -0.2) is 17.8 Å². The number of nitrogens with one attached hydrogen (secondary N) is 1. The number of nitrogens with zero attached hydrogens (tertiary/aromatic N) is 1. The average molecular weight is 196 g/mol. The maximum Gasteiger partial charge on any atom is 0.0389 e. The molecule has 0 fully saturated rings. The molecule has 0 rings (SSSR count). The van der Waals surface area contributed by atoms with Crippen molar-refractivity contribution in [1.29, 1.82) is 0 Å². The van der Waals surface area contributed by atoms with Crippen LogP contribution in [0.4, 0.5) is 0 Å². The Labute approximate surface area is 88.5 Å². The van der Waals surface area contributed by atoms with Crippen LogP contribution < -0.4 is 5.32 Å². The Kier molecular flexibility index (Phi) is 5.51. The van der Waals surface area contributed by atoms with Crippen LogP contribution in [0.5, 0.6) is 0 Å². The largest absolute Gasteiger partial charge is 0.384 e. The molecule has 0 unspecified atom stereocenters. The fourth-order valence-corrected chi connectivity index (χ4v) is 1.27. The molecule has 0 spiro atoms. The highest BCUT2D eigenvalue weighted by atomic mass is 15.0. The molecular formula is C12H24N2. The molecule has 0 bridgehead atoms. The van der Waals surface area contributed by atoms with Crippen molar-refractivity contribution in [1.82, 2.24) is 5.32 Å². The third-order valence-corrected chi connectivity index (χ3v) is 1.58. The second-order valence-corrected chi connectivity index (χ2v) is 4.73. The first-order valence-electron chi connectivity index (χ1n) is 5.32. The number of hydrogen-bond acceptors (Lipinski definition) is 2. The Hall–Kier alpha value is -0.790. The third kappa shape index (κ3) is 7.84. The van der Waals surface area contributed by atoms with Crippen molar-refractivity contribution < 1.29 is 0 Å². The Morgan fingerprint density at radius 3 is 2.29 bits per heavy atom. The molecule has 0 saturated carbocycles. The summed E-state index contributed by atoms with van der Waals surface area (Å²) < 4.78 is 0. The molecule has 2 nitrogen and oxygen atoms in total. The van der Waals surface area contributed by atoms with Gasteiger partial charge in [-0.25, -0.2) is 0 Å². The Morgan fingerprint density at radius 1 is 1.29 bits per heavy atom. The minimum atomic E-state index is 0.131. The molecule has 0 atom stereocenters. The minimum absolute atomic E-state index is 0.131. The van der Waals surface area contributed by atoms with Gasteiger partial charge in [0.25, 0.3) is 0 Å². The Bertz CT molecular complexity index is 219. The van der Waals surface area contributed by atoms with Gasteiger partial charge in [-0.1, -0.05) is 6.92 Å². The normalized spacial score (nSPS) is 14.4. The predicted molar refractivity (Wildman–Crippen MR) is 64.9 cm³/mol. The van der Waals surface area contributed by atoms with Gasteiger partial charge in [0, 0.05) is 23.5 Å². The van der Waals surface area contributed by atoms with E-state index in [1.165, 1.54) is 5.70 Å². The molecule has 0 aromatic rings. The van der Waals surface area contributed by atoms with E-state index in [1.54, 1.807) is 0 Å². The average Bonchev–Trinajstić information content (AvgIpc) is 1.96. The second-order valence-electron chi connectivity index (χ2n) is 4.73. The van der Waals surface area contributed by atoms with Crippen molar-refractivity contribution >= 4 is 5.71 Å². The summed E-state index contributed by atoms with van der Waals surface area (Å²) >= 11 is 0. The molecule has 0 aromatic heterocycles. The molecule has 0 amide bonds. The van der Waals surface area contributed by atoms with E-state index in [9.17, 15) is 0 Å². The van der Waals surface area contributed by atoms with Gasteiger partial charge in [-0.05, 0) is 47.1 Å². The minimum Gasteiger partial charge on any atom is -0.384 e. The number of aliphatic imine (C=N–C) groups is 1. The lowest BCUT2D eigenvalue weighted by molar-refractivity contribution is 0.474. The molecule has 0 aliphatic carbocycles. The molecule has 0 aliphatic rings. The molecule has 14 heavy (non-hydrogen) atoms. The molecular weight excluding hydrogens is 172 g/mol. The molecule has 0 aromatic carbocycles. The van der Waals surface area contributed by atoms with Crippen molar-refractivity contribution in [2.24, 2.45) is 4.99 Å². The predicted octanol–water partition coefficient (Wildman–Crippen LogP) is 3.15. The molecule has 0 aliphatic heterocycles. The van der Waals surface area contributed by atoms with Crippen LogP contribution in [0.1, 0.15) is 48.0 Å². The summed E-state index contributed by atoms with van der Waals surface area (Å²) in [6.07, 6.45) is 3.21. The summed E-state index contributed by atoms with van der Waals surface area (Å²) in [5, 5.41) is 3.41. The van der Waals surface area contributed by atoms with Crippen molar-refractivity contribution in [3.63, 3.8) is 0 Å². The van der Waals surface area contributed by atoms with Crippen molar-refractivity contribution in [2.75, 3.05) is 6.54 Å². The first-order chi connectivity index (χ1) is 6.35. The quantitative estimate of drug-likeness (QED) is 0.686. The van der Waals surface area contributed by atoms with E-state index in [4.69, 9.17) is 0 Å². The fraction of sp³-hybridized carbons (Fsp3) is 0.750. The summed E-state index contributed by atoms with van der Waals surface area (Å²) in [5.74, 6) is 0. The van der Waals surface area contributed by atoms with Crippen molar-refractivity contribution in [3.8, 4) is 0 Å². The Morgan fingerprint density at radius 2 is 1.86 bits per heavy atom. The Balaban J connectivity index is 4.23. The van der Waals surface area contributed by atoms with E-state index < -0.39 is 0 Å². The summed E-state index contributed by atoms with van der Waals surface area (Å²) in [7, 11) is 0. The molecule has 0 saturated heterocycles. The lowest BCUT2D eigenvalue weighted by Gasteiger charge is -2.22. The van der Waals surface area contributed by atoms with Gasteiger partial charge in [-0.15, -0.1) is 0 Å². The van der Waals surface area contributed by atoms with Gasteiger partial charge < -0.3 is 5.32 Å². The van der Waals surface area contributed by atoms with Gasteiger partial charge in [0.05, 0.1) is 0 Å². The summed E-state index contributed by atoms with van der Waals surface area (Å²) in [4.78, 5) is 4.41. The highest BCUT2D eigenvalue weighted by Gasteiger charge is 2.07. The zero-order valence-corrected chi connectivity index (χ0v) is 10.4. The molecule has 0 heterocycles. The van der Waals surface area contributed by atoms with Crippen molar-refractivity contribution in [2.45, 2.75) is 53.5 Å². The summed E-state index contributed by atoms with van der Waals surface area (Å²) in [6, 6.07) is 0. The SMILES string of the molecule is CCCN=C(C)/C=C(/C)NC(C)(C)C. The van der Waals surface area contributed by atoms with Gasteiger partial charge in [0.2, 0.25) is 0 Å². The highest BCUT2D eigenvalue weighted by Crippen LogP contribution is 2.03. The smallest absolute Gasteiger partial charge is 0.0389 e. The summed E-state index contributed by atoms with van der Waals surface area (Å²) in [5.41, 5.74) is 2.40. The topological polar surface area (TPSA) is 24.4 Å². The van der Waals surface area contributed by atoms with E-state index in [0.717, 1.165) is 18.7 Å². The first-order valence-corrected chi connectivity index (χ1v) is 5.32. The maximum atomic E-state index is 4.41. The van der Waals surface area contributed by atoms with Crippen LogP contribution in [0.15, 0.2) is 16.8 Å². The fourth-order valence-electron chi connectivity index (χ4n) is 1.27. The molecule has 0 radical (unpaired) electrons. The third-order valence-electron chi connectivity index (χ3n) is 1.58. The van der Waals surface area contributed by atoms with Gasteiger partial charge >= 0.3 is 0 Å². The standard InChI is InChI=1S/C12H24N2/c1-7-8-13-10(2)9-11(3)14-12(4,5)6/h9,14H,7-8H2,1-6H3/b11-9-,13-10?. The maximum absolute atomic E-state index is 4.41. The monoisotopic (exact) mass is 196 g/mol. The first kappa shape index (κ1) is 13.2. The number of hydrogen-bond donors (Lipinski definition) is 1. The lowest BCUT2D eigenvalue weighted by atomic mass is 10.1. The van der Waals surface area contributed by atoms with Crippen LogP contribution in [0, 0.1) is 0 Å². The van der Waals surface area contributed by atoms with Crippen LogP contribution in [0.2, 0.25) is 0 Å². The van der Waals surface area contributed by atoms with Crippen molar-refractivity contribution in [3.05, 3.63) is 11.8 Å². The van der Waals surface area contributed by atoms with Crippen LogP contribution in [0.3, 0.4) is 0 Å². The second kappa shape index (κ2) is 5.84. The van der Waals surface area contributed by atoms with Gasteiger partial charge in [-0.3, -0.25) is 4.99 Å². The number of allylic oxidation sites excluding steroid dienone is 2. The zero-order chi connectivity index (χ0) is 11.2. The van der Waals surface area contributed by atoms with E-state index in [1.807, 2.05) is 6.92 Å². The number of rotatable bonds is 4. The zero-order valence-electron chi connectivity index (χ0n) is 10.4. The van der Waals surface area contributed by atoms with E-state index in [2.05, 4.69) is 51.0 Å². The lowest BCUT2D eigenvalue weighted by Crippen LogP contribution is -2.34. The van der Waals surface area contributed by atoms with Gasteiger partial charge in [-0.2, -0.15) is 0 Å².